The fraction of sp³-hybridized carbons (Fsp3) is 0.872. The number of nitrogens with zero attached hydrogens (tertiary/aromatic N) is 2. The molecular weight excluding hydrogens is 655 g/mol. The Morgan fingerprint density at radius 1 is 0.860 bits per heavy atom. The molecule has 5 atom stereocenters. The predicted molar refractivity (Wildman–Crippen MR) is 192 cm³/mol. The molecule has 5 rings (SSSR count). The van der Waals surface area contributed by atoms with Crippen LogP contribution in [-0.2, 0) is 34.0 Å². The van der Waals surface area contributed by atoms with Gasteiger partial charge < -0.3 is 10.2 Å². The lowest BCUT2D eigenvalue weighted by Crippen LogP contribution is -2.49. The van der Waals surface area contributed by atoms with Crippen LogP contribution < -0.4 is 5.32 Å². The van der Waals surface area contributed by atoms with Crippen molar-refractivity contribution < 1.29 is 32.4 Å². The molecule has 0 aromatic heterocycles. The van der Waals surface area contributed by atoms with Crippen molar-refractivity contribution in [2.75, 3.05) is 32.9 Å². The monoisotopic (exact) mass is 717 g/mol. The van der Waals surface area contributed by atoms with Crippen LogP contribution in [0.15, 0.2) is 0 Å². The Morgan fingerprint density at radius 3 is 2.08 bits per heavy atom. The van der Waals surface area contributed by atoms with E-state index in [1.165, 1.54) is 18.4 Å². The van der Waals surface area contributed by atoms with Gasteiger partial charge in [-0.25, -0.2) is 12.7 Å². The van der Waals surface area contributed by atoms with E-state index in [0.29, 0.717) is 44.7 Å². The summed E-state index contributed by atoms with van der Waals surface area (Å²) in [6.45, 7) is 5.23. The third-order valence-corrected chi connectivity index (χ3v) is 15.2. The van der Waals surface area contributed by atoms with Crippen molar-refractivity contribution in [2.45, 2.75) is 142 Å². The van der Waals surface area contributed by atoms with Crippen molar-refractivity contribution in [3.63, 3.8) is 0 Å². The molecule has 10 nitrogen and oxygen atoms in total. The molecule has 50 heavy (non-hydrogen) atoms. The summed E-state index contributed by atoms with van der Waals surface area (Å²) in [6.07, 6.45) is 14.1. The van der Waals surface area contributed by atoms with Gasteiger partial charge in [-0.1, -0.05) is 78.1 Å². The van der Waals surface area contributed by atoms with Gasteiger partial charge in [0.15, 0.2) is 5.78 Å². The van der Waals surface area contributed by atoms with E-state index in [1.54, 1.807) is 4.90 Å². The summed E-state index contributed by atoms with van der Waals surface area (Å²) in [6, 6.07) is -0.659. The normalized spacial score (nSPS) is 30.7. The minimum atomic E-state index is -3.52. The standard InChI is InChI=1S/C39H63N3O7S/c1-38(2)31-25-42-34(33(31)38)32(44)22-28(35(45)36(46)40-24-27-17-18-27)15-11-8-6-5-7-9-12-16-29(37(42)47)21-30(43)23-39(19-13-10-14-20-39)26-50(48,49)41(3)4/h27-29,31,33-34H,5-26H2,1-4H3,(H,40,46)/t28-,29-,31+,33+,34-/m1/s1. The van der Waals surface area contributed by atoms with Crippen molar-refractivity contribution in [3.05, 3.63) is 0 Å². The lowest BCUT2D eigenvalue weighted by Gasteiger charge is -2.38. The number of fused-ring (bicyclic) bond motifs is 3. The second kappa shape index (κ2) is 16.3. The fourth-order valence-electron chi connectivity index (χ4n) is 9.57. The summed E-state index contributed by atoms with van der Waals surface area (Å²) >= 11 is 0. The number of amides is 2. The molecule has 5 fully saturated rings. The van der Waals surface area contributed by atoms with Gasteiger partial charge in [0.2, 0.25) is 21.7 Å². The van der Waals surface area contributed by atoms with Crippen LogP contribution in [0.3, 0.4) is 0 Å². The second-order valence-corrected chi connectivity index (χ2v) is 19.7. The second-order valence-electron chi connectivity index (χ2n) is 17.5. The van der Waals surface area contributed by atoms with Crippen LogP contribution in [0.5, 0.6) is 0 Å². The molecule has 0 aromatic carbocycles. The molecule has 0 aromatic rings. The van der Waals surface area contributed by atoms with Crippen LogP contribution in [-0.4, -0.2) is 85.8 Å². The number of carbonyl (C=O) groups excluding carboxylic acids is 5. The molecule has 3 saturated carbocycles. The fourth-order valence-corrected chi connectivity index (χ4v) is 11.0. The van der Waals surface area contributed by atoms with Crippen LogP contribution in [0.1, 0.15) is 136 Å². The molecule has 11 heteroatoms. The Labute approximate surface area is 300 Å². The van der Waals surface area contributed by atoms with Crippen molar-refractivity contribution in [3.8, 4) is 0 Å². The number of hydrogen-bond donors (Lipinski definition) is 1. The predicted octanol–water partition coefficient (Wildman–Crippen LogP) is 5.47. The number of nitrogens with one attached hydrogen (secondary N) is 1. The number of Topliss-reactive ketones (excluding diaryl/α,β-unsaturated/α-hetero) is 3. The average Bonchev–Trinajstić information content (AvgIpc) is 3.92. The molecule has 282 valence electrons. The molecule has 3 aliphatic carbocycles. The first-order valence-electron chi connectivity index (χ1n) is 19.7. The van der Waals surface area contributed by atoms with Gasteiger partial charge >= 0.3 is 0 Å². The van der Waals surface area contributed by atoms with E-state index >= 15 is 0 Å². The molecule has 2 amide bonds. The highest BCUT2D eigenvalue weighted by atomic mass is 32.2. The Morgan fingerprint density at radius 2 is 1.46 bits per heavy atom. The van der Waals surface area contributed by atoms with Gasteiger partial charge in [0, 0.05) is 58.3 Å². The first-order chi connectivity index (χ1) is 23.6. The highest BCUT2D eigenvalue weighted by Crippen LogP contribution is 2.65. The van der Waals surface area contributed by atoms with Gasteiger partial charge in [0.25, 0.3) is 5.91 Å². The summed E-state index contributed by atoms with van der Waals surface area (Å²) in [4.78, 5) is 70.9. The summed E-state index contributed by atoms with van der Waals surface area (Å²) in [5.41, 5.74) is -0.722. The smallest absolute Gasteiger partial charge is 0.287 e. The first kappa shape index (κ1) is 39.1. The first-order valence-corrected chi connectivity index (χ1v) is 21.3. The van der Waals surface area contributed by atoms with Crippen molar-refractivity contribution in [2.24, 2.45) is 40.4 Å². The Kier molecular flexibility index (Phi) is 12.7. The minimum Gasteiger partial charge on any atom is -0.349 e. The van der Waals surface area contributed by atoms with Crippen LogP contribution in [0, 0.1) is 40.4 Å². The molecule has 1 N–H and O–H groups in total. The molecule has 0 unspecified atom stereocenters. The summed E-state index contributed by atoms with van der Waals surface area (Å²) in [7, 11) is -0.447. The van der Waals surface area contributed by atoms with E-state index < -0.39 is 45.0 Å². The zero-order chi connectivity index (χ0) is 36.3. The quantitative estimate of drug-likeness (QED) is 0.280. The van der Waals surface area contributed by atoms with Gasteiger partial charge in [0.05, 0.1) is 11.8 Å². The summed E-state index contributed by atoms with van der Waals surface area (Å²) < 4.78 is 27.3. The molecule has 0 spiro atoms. The van der Waals surface area contributed by atoms with E-state index in [0.717, 1.165) is 77.0 Å². The van der Waals surface area contributed by atoms with Gasteiger partial charge in [-0.2, -0.15) is 0 Å². The van der Waals surface area contributed by atoms with E-state index in [9.17, 15) is 32.4 Å². The number of sulfonamides is 1. The van der Waals surface area contributed by atoms with Crippen molar-refractivity contribution in [1.29, 1.82) is 0 Å². The topological polar surface area (TPSA) is 138 Å². The zero-order valence-corrected chi connectivity index (χ0v) is 32.0. The minimum absolute atomic E-state index is 0.00428. The van der Waals surface area contributed by atoms with Crippen molar-refractivity contribution >= 4 is 39.2 Å². The van der Waals surface area contributed by atoms with Crippen molar-refractivity contribution in [1.82, 2.24) is 14.5 Å². The molecule has 2 aliphatic heterocycles. The maximum absolute atomic E-state index is 14.5. The zero-order valence-electron chi connectivity index (χ0n) is 31.2. The van der Waals surface area contributed by atoms with E-state index in [4.69, 9.17) is 0 Å². The summed E-state index contributed by atoms with van der Waals surface area (Å²) in [5, 5.41) is 2.80. The van der Waals surface area contributed by atoms with E-state index in [-0.39, 0.29) is 59.7 Å². The highest BCUT2D eigenvalue weighted by Gasteiger charge is 2.69. The Balaban J connectivity index is 1.35. The summed E-state index contributed by atoms with van der Waals surface area (Å²) in [5.74, 6) is -2.19. The lowest BCUT2D eigenvalue weighted by molar-refractivity contribution is -0.146. The number of piperidine rings is 1. The molecule has 5 aliphatic rings. The Hall–Kier alpha value is -2.14. The maximum Gasteiger partial charge on any atom is 0.287 e. The third-order valence-electron chi connectivity index (χ3n) is 13.1. The molecule has 2 heterocycles. The Bertz CT molecular complexity index is 1380. The van der Waals surface area contributed by atoms with Gasteiger partial charge in [0.1, 0.15) is 5.78 Å². The van der Waals surface area contributed by atoms with Gasteiger partial charge in [-0.15, -0.1) is 0 Å². The largest absolute Gasteiger partial charge is 0.349 e. The average molecular weight is 718 g/mol. The maximum atomic E-state index is 14.5. The molecular formula is C39H63N3O7S. The van der Waals surface area contributed by atoms with E-state index in [1.807, 2.05) is 0 Å². The van der Waals surface area contributed by atoms with Gasteiger partial charge in [-0.3, -0.25) is 24.0 Å². The SMILES string of the molecule is CN(C)S(=O)(=O)CC1(CC(=O)C[C@H]2CCCCCCCCC[C@@H](C(=O)C(=O)NCC3CC3)CC(=O)[C@@H]3[C@@H]4[C@H](CN3C2=O)C4(C)C)CCCCC1. The number of carbonyl (C=O) groups is 5. The van der Waals surface area contributed by atoms with Crippen LogP contribution in [0.25, 0.3) is 0 Å². The van der Waals surface area contributed by atoms with Gasteiger partial charge in [-0.05, 0) is 67.1 Å². The van der Waals surface area contributed by atoms with Crippen LogP contribution in [0.2, 0.25) is 0 Å². The number of ketones is 3. The number of hydrogen-bond acceptors (Lipinski definition) is 7. The van der Waals surface area contributed by atoms with E-state index in [2.05, 4.69) is 19.2 Å². The molecule has 0 radical (unpaired) electrons. The molecule has 2 saturated heterocycles. The highest BCUT2D eigenvalue weighted by molar-refractivity contribution is 7.89. The van der Waals surface area contributed by atoms with Crippen LogP contribution in [0.4, 0.5) is 0 Å². The molecule has 0 bridgehead atoms. The third kappa shape index (κ3) is 9.44. The number of rotatable bonds is 11. The lowest BCUT2D eigenvalue weighted by atomic mass is 9.71. The van der Waals surface area contributed by atoms with Crippen LogP contribution >= 0.6 is 0 Å².